The summed E-state index contributed by atoms with van der Waals surface area (Å²) < 4.78 is 31.0. The molecule has 0 unspecified atom stereocenters. The lowest BCUT2D eigenvalue weighted by atomic mass is 10.2. The number of nitrogens with one attached hydrogen (secondary N) is 1. The third kappa shape index (κ3) is 4.46. The van der Waals surface area contributed by atoms with Crippen LogP contribution in [0.5, 0.6) is 0 Å². The van der Waals surface area contributed by atoms with E-state index in [1.807, 2.05) is 18.2 Å². The zero-order valence-corrected chi connectivity index (χ0v) is 12.7. The molecule has 0 atom stereocenters. The number of hydrogen-bond donors (Lipinski definition) is 1. The molecule has 0 bridgehead atoms. The molecule has 0 aliphatic rings. The first-order valence-corrected chi connectivity index (χ1v) is 7.99. The van der Waals surface area contributed by atoms with Crippen LogP contribution in [0.2, 0.25) is 0 Å². The van der Waals surface area contributed by atoms with Crippen molar-refractivity contribution in [3.63, 3.8) is 0 Å². The van der Waals surface area contributed by atoms with Crippen LogP contribution in [0.25, 0.3) is 6.08 Å². The lowest BCUT2D eigenvalue weighted by Gasteiger charge is -2.06. The van der Waals surface area contributed by atoms with Crippen molar-refractivity contribution in [2.75, 3.05) is 11.8 Å². The van der Waals surface area contributed by atoms with E-state index >= 15 is 0 Å². The van der Waals surface area contributed by atoms with Gasteiger partial charge in [0.25, 0.3) is 10.0 Å². The zero-order chi connectivity index (χ0) is 16.0. The quantitative estimate of drug-likeness (QED) is 0.861. The highest BCUT2D eigenvalue weighted by atomic mass is 32.2. The predicted molar refractivity (Wildman–Crippen MR) is 85.8 cm³/mol. The van der Waals surface area contributed by atoms with Gasteiger partial charge in [-0.25, -0.2) is 13.2 Å². The van der Waals surface area contributed by atoms with Crippen molar-refractivity contribution >= 4 is 27.8 Å². The molecule has 114 valence electrons. The summed E-state index contributed by atoms with van der Waals surface area (Å²) in [7, 11) is -2.40. The average Bonchev–Trinajstić information content (AvgIpc) is 2.53. The van der Waals surface area contributed by atoms with Gasteiger partial charge < -0.3 is 4.74 Å². The molecule has 0 spiro atoms. The monoisotopic (exact) mass is 317 g/mol. The first-order valence-electron chi connectivity index (χ1n) is 6.44. The fourth-order valence-corrected chi connectivity index (χ4v) is 2.62. The van der Waals surface area contributed by atoms with Crippen LogP contribution in [0, 0.1) is 0 Å². The molecule has 2 rings (SSSR count). The fraction of sp³-hybridized carbons (Fsp3) is 0.0625. The summed E-state index contributed by atoms with van der Waals surface area (Å²) >= 11 is 0. The van der Waals surface area contributed by atoms with Gasteiger partial charge >= 0.3 is 5.97 Å². The fourth-order valence-electron chi connectivity index (χ4n) is 1.76. The van der Waals surface area contributed by atoms with Crippen molar-refractivity contribution in [1.82, 2.24) is 0 Å². The third-order valence-corrected chi connectivity index (χ3v) is 3.80. The summed E-state index contributed by atoms with van der Waals surface area (Å²) in [6.07, 6.45) is 1.49. The standard InChI is InChI=1S/C16H15NO4S/c1-21-16(18)14-8-5-9-15(12-14)17-22(19,20)11-10-13-6-3-2-4-7-13/h2-12,17H,1H3. The Balaban J connectivity index is 2.15. The van der Waals surface area contributed by atoms with Crippen LogP contribution < -0.4 is 4.72 Å². The van der Waals surface area contributed by atoms with Crippen molar-refractivity contribution in [2.24, 2.45) is 0 Å². The Kier molecular flexibility index (Phi) is 4.95. The van der Waals surface area contributed by atoms with Crippen LogP contribution in [0.15, 0.2) is 60.0 Å². The number of esters is 1. The highest BCUT2D eigenvalue weighted by molar-refractivity contribution is 7.95. The SMILES string of the molecule is COC(=O)c1cccc(NS(=O)(=O)C=Cc2ccccc2)c1. The maximum atomic E-state index is 12.0. The Morgan fingerprint density at radius 1 is 1.09 bits per heavy atom. The van der Waals surface area contributed by atoms with E-state index in [1.165, 1.54) is 19.3 Å². The second-order valence-electron chi connectivity index (χ2n) is 4.43. The number of sulfonamides is 1. The largest absolute Gasteiger partial charge is 0.465 e. The van der Waals surface area contributed by atoms with Crippen LogP contribution in [-0.4, -0.2) is 21.5 Å². The van der Waals surface area contributed by atoms with Crippen molar-refractivity contribution in [3.8, 4) is 0 Å². The maximum Gasteiger partial charge on any atom is 0.337 e. The first kappa shape index (κ1) is 15.8. The lowest BCUT2D eigenvalue weighted by molar-refractivity contribution is 0.0601. The molecule has 5 nitrogen and oxygen atoms in total. The van der Waals surface area contributed by atoms with Crippen LogP contribution in [0.4, 0.5) is 5.69 Å². The van der Waals surface area contributed by atoms with Crippen LogP contribution >= 0.6 is 0 Å². The number of carbonyl (C=O) groups is 1. The molecule has 1 N–H and O–H groups in total. The smallest absolute Gasteiger partial charge is 0.337 e. The van der Waals surface area contributed by atoms with E-state index in [4.69, 9.17) is 0 Å². The molecule has 0 aromatic heterocycles. The van der Waals surface area contributed by atoms with Gasteiger partial charge in [0.05, 0.1) is 18.1 Å². The van der Waals surface area contributed by atoms with Gasteiger partial charge in [0, 0.05) is 5.69 Å². The number of benzene rings is 2. The van der Waals surface area contributed by atoms with Gasteiger partial charge in [-0.05, 0) is 29.8 Å². The number of methoxy groups -OCH3 is 1. The topological polar surface area (TPSA) is 72.5 Å². The minimum atomic E-state index is -3.66. The van der Waals surface area contributed by atoms with E-state index in [2.05, 4.69) is 9.46 Å². The van der Waals surface area contributed by atoms with E-state index in [9.17, 15) is 13.2 Å². The summed E-state index contributed by atoms with van der Waals surface area (Å²) in [6, 6.07) is 15.2. The van der Waals surface area contributed by atoms with Crippen molar-refractivity contribution in [1.29, 1.82) is 0 Å². The molecule has 6 heteroatoms. The molecule has 0 aliphatic carbocycles. The molecular formula is C16H15NO4S. The summed E-state index contributed by atoms with van der Waals surface area (Å²) in [5.41, 5.74) is 1.34. The van der Waals surface area contributed by atoms with Gasteiger partial charge in [0.1, 0.15) is 0 Å². The molecular weight excluding hydrogens is 302 g/mol. The van der Waals surface area contributed by atoms with Gasteiger partial charge in [-0.3, -0.25) is 4.72 Å². The van der Waals surface area contributed by atoms with E-state index < -0.39 is 16.0 Å². The molecule has 0 fully saturated rings. The number of rotatable bonds is 5. The van der Waals surface area contributed by atoms with Crippen molar-refractivity contribution in [3.05, 3.63) is 71.1 Å². The van der Waals surface area contributed by atoms with Crippen LogP contribution in [0.3, 0.4) is 0 Å². The molecule has 0 saturated heterocycles. The number of ether oxygens (including phenoxy) is 1. The Hall–Kier alpha value is -2.60. The minimum Gasteiger partial charge on any atom is -0.465 e. The van der Waals surface area contributed by atoms with Crippen LogP contribution in [0.1, 0.15) is 15.9 Å². The van der Waals surface area contributed by atoms with Gasteiger partial charge in [-0.15, -0.1) is 0 Å². The van der Waals surface area contributed by atoms with Crippen molar-refractivity contribution < 1.29 is 17.9 Å². The van der Waals surface area contributed by atoms with Crippen LogP contribution in [-0.2, 0) is 14.8 Å². The van der Waals surface area contributed by atoms with E-state index in [0.29, 0.717) is 5.69 Å². The molecule has 0 amide bonds. The normalized spacial score (nSPS) is 11.3. The van der Waals surface area contributed by atoms with E-state index in [-0.39, 0.29) is 5.56 Å². The Morgan fingerprint density at radius 3 is 2.50 bits per heavy atom. The maximum absolute atomic E-state index is 12.0. The minimum absolute atomic E-state index is 0.273. The highest BCUT2D eigenvalue weighted by Crippen LogP contribution is 2.14. The third-order valence-electron chi connectivity index (χ3n) is 2.78. The number of hydrogen-bond acceptors (Lipinski definition) is 4. The summed E-state index contributed by atoms with van der Waals surface area (Å²) in [5, 5.41) is 1.08. The zero-order valence-electron chi connectivity index (χ0n) is 11.9. The molecule has 0 heterocycles. The second-order valence-corrected chi connectivity index (χ2v) is 6.00. The Bertz CT molecular complexity index is 783. The average molecular weight is 317 g/mol. The summed E-state index contributed by atoms with van der Waals surface area (Å²) in [5.74, 6) is -0.527. The van der Waals surface area contributed by atoms with E-state index in [0.717, 1.165) is 11.0 Å². The highest BCUT2D eigenvalue weighted by Gasteiger charge is 2.09. The van der Waals surface area contributed by atoms with Gasteiger partial charge in [0.15, 0.2) is 0 Å². The lowest BCUT2D eigenvalue weighted by Crippen LogP contribution is -2.10. The van der Waals surface area contributed by atoms with Gasteiger partial charge in [-0.1, -0.05) is 36.4 Å². The molecule has 0 saturated carbocycles. The molecule has 0 radical (unpaired) electrons. The summed E-state index contributed by atoms with van der Waals surface area (Å²) in [6.45, 7) is 0. The van der Waals surface area contributed by atoms with E-state index in [1.54, 1.807) is 30.3 Å². The Morgan fingerprint density at radius 2 is 1.82 bits per heavy atom. The predicted octanol–water partition coefficient (Wildman–Crippen LogP) is 2.89. The molecule has 2 aromatic rings. The van der Waals surface area contributed by atoms with Gasteiger partial charge in [-0.2, -0.15) is 0 Å². The molecule has 0 aliphatic heterocycles. The first-order chi connectivity index (χ1) is 10.5. The number of anilines is 1. The Labute approximate surface area is 129 Å². The van der Waals surface area contributed by atoms with Gasteiger partial charge in [0.2, 0.25) is 0 Å². The molecule has 22 heavy (non-hydrogen) atoms. The molecule has 2 aromatic carbocycles. The summed E-state index contributed by atoms with van der Waals surface area (Å²) in [4.78, 5) is 11.4. The second kappa shape index (κ2) is 6.91. The van der Waals surface area contributed by atoms with Crippen molar-refractivity contribution in [2.45, 2.75) is 0 Å². The number of carbonyl (C=O) groups excluding carboxylic acids is 1.